The van der Waals surface area contributed by atoms with Gasteiger partial charge in [-0.25, -0.2) is 0 Å². The number of rotatable bonds is 8. The van der Waals surface area contributed by atoms with Gasteiger partial charge in [0.2, 0.25) is 5.91 Å². The lowest BCUT2D eigenvalue weighted by atomic mass is 10.2. The number of unbranched alkanes of at least 4 members (excludes halogenated alkanes) is 3. The molecule has 0 aliphatic rings. The largest absolute Gasteiger partial charge is 0.480 e. The highest BCUT2D eigenvalue weighted by Gasteiger charge is 2.11. The molecule has 0 aromatic carbocycles. The van der Waals surface area contributed by atoms with Crippen molar-refractivity contribution in [3.63, 3.8) is 0 Å². The maximum atomic E-state index is 10.7. The molecular formula is C11H24N2O4S. The van der Waals surface area contributed by atoms with Gasteiger partial charge in [-0.1, -0.05) is 26.2 Å². The number of aliphatic hydroxyl groups excluding tert-OH is 1. The van der Waals surface area contributed by atoms with Gasteiger partial charge in [0.15, 0.2) is 0 Å². The van der Waals surface area contributed by atoms with Crippen molar-refractivity contribution in [3.8, 4) is 0 Å². The van der Waals surface area contributed by atoms with Crippen LogP contribution in [0.1, 0.15) is 32.6 Å². The molecule has 0 radical (unpaired) electrons. The molecule has 0 spiro atoms. The first-order valence-corrected chi connectivity index (χ1v) is 6.59. The lowest BCUT2D eigenvalue weighted by Crippen LogP contribution is -2.43. The van der Waals surface area contributed by atoms with Gasteiger partial charge < -0.3 is 21.3 Å². The quantitative estimate of drug-likeness (QED) is 0.317. The van der Waals surface area contributed by atoms with E-state index in [1.54, 1.807) is 0 Å². The Hall–Kier alpha value is -0.790. The van der Waals surface area contributed by atoms with Crippen molar-refractivity contribution in [1.29, 1.82) is 0 Å². The van der Waals surface area contributed by atoms with Crippen LogP contribution in [0.3, 0.4) is 0 Å². The Balaban J connectivity index is 0. The molecule has 0 aliphatic heterocycles. The number of thiol groups is 1. The first kappa shape index (κ1) is 19.5. The average Bonchev–Trinajstić information content (AvgIpc) is 2.36. The number of nitrogens with one attached hydrogen (secondary N) is 1. The smallest absolute Gasteiger partial charge is 0.322 e. The molecule has 18 heavy (non-hydrogen) atoms. The third-order valence-electron chi connectivity index (χ3n) is 1.96. The molecule has 1 unspecified atom stereocenters. The van der Waals surface area contributed by atoms with Crippen LogP contribution in [-0.2, 0) is 9.59 Å². The van der Waals surface area contributed by atoms with E-state index in [0.717, 1.165) is 6.42 Å². The summed E-state index contributed by atoms with van der Waals surface area (Å²) in [4.78, 5) is 20.7. The Bertz CT molecular complexity index is 223. The first-order valence-electron chi connectivity index (χ1n) is 5.96. The minimum atomic E-state index is -1.09. The zero-order chi connectivity index (χ0) is 14.4. The third kappa shape index (κ3) is 15.2. The number of carbonyl (C=O) groups is 2. The number of aliphatic hydroxyl groups is 1. The Kier molecular flexibility index (Phi) is 15.5. The molecule has 7 heteroatoms. The van der Waals surface area contributed by atoms with Crippen molar-refractivity contribution in [3.05, 3.63) is 0 Å². The third-order valence-corrected chi connectivity index (χ3v) is 2.35. The van der Waals surface area contributed by atoms with Crippen molar-refractivity contribution >= 4 is 24.5 Å². The standard InChI is InChI=1S/C6H14O.C5H10N2O3S/c1-2-3-4-5-6-7;6-3(2-11)5(10)7-1-4(8)9/h7H,2-6H2,1H3;3,11H,1-2,6H2,(H,7,10)(H,8,9). The van der Waals surface area contributed by atoms with Crippen LogP contribution >= 0.6 is 12.6 Å². The van der Waals surface area contributed by atoms with Gasteiger partial charge in [0.05, 0.1) is 6.04 Å². The van der Waals surface area contributed by atoms with Gasteiger partial charge >= 0.3 is 5.97 Å². The van der Waals surface area contributed by atoms with E-state index < -0.39 is 24.5 Å². The fourth-order valence-electron chi connectivity index (χ4n) is 0.915. The van der Waals surface area contributed by atoms with Gasteiger partial charge in [-0.2, -0.15) is 12.6 Å². The summed E-state index contributed by atoms with van der Waals surface area (Å²) in [7, 11) is 0. The van der Waals surface area contributed by atoms with Crippen LogP contribution in [0, 0.1) is 0 Å². The molecule has 0 aromatic heterocycles. The van der Waals surface area contributed by atoms with Crippen LogP contribution in [0.5, 0.6) is 0 Å². The number of aliphatic carboxylic acids is 1. The topological polar surface area (TPSA) is 113 Å². The van der Waals surface area contributed by atoms with Crippen LogP contribution in [-0.4, -0.2) is 47.0 Å². The Labute approximate surface area is 113 Å². The molecule has 1 atom stereocenters. The molecule has 6 nitrogen and oxygen atoms in total. The number of hydrogen-bond acceptors (Lipinski definition) is 5. The molecule has 0 saturated carbocycles. The van der Waals surface area contributed by atoms with E-state index in [9.17, 15) is 9.59 Å². The molecule has 0 rings (SSSR count). The predicted molar refractivity (Wildman–Crippen MR) is 73.7 cm³/mol. The molecule has 5 N–H and O–H groups in total. The Morgan fingerprint density at radius 2 is 1.94 bits per heavy atom. The fraction of sp³-hybridized carbons (Fsp3) is 0.818. The van der Waals surface area contributed by atoms with E-state index in [1.807, 2.05) is 0 Å². The second-order valence-electron chi connectivity index (χ2n) is 3.68. The van der Waals surface area contributed by atoms with Crippen LogP contribution in [0.2, 0.25) is 0 Å². The maximum Gasteiger partial charge on any atom is 0.322 e. The lowest BCUT2D eigenvalue weighted by Gasteiger charge is -2.06. The van der Waals surface area contributed by atoms with Crippen LogP contribution in [0.15, 0.2) is 0 Å². The number of hydrogen-bond donors (Lipinski definition) is 5. The molecule has 0 saturated heterocycles. The summed E-state index contributed by atoms with van der Waals surface area (Å²) in [5, 5.41) is 18.6. The number of amides is 1. The van der Waals surface area contributed by atoms with Gasteiger partial charge in [0.1, 0.15) is 6.54 Å². The Morgan fingerprint density at radius 3 is 2.33 bits per heavy atom. The summed E-state index contributed by atoms with van der Waals surface area (Å²) >= 11 is 3.77. The van der Waals surface area contributed by atoms with Crippen molar-refractivity contribution < 1.29 is 19.8 Å². The second kappa shape index (κ2) is 14.3. The summed E-state index contributed by atoms with van der Waals surface area (Å²) in [6.45, 7) is 2.12. The zero-order valence-electron chi connectivity index (χ0n) is 10.8. The molecule has 0 aromatic rings. The zero-order valence-corrected chi connectivity index (χ0v) is 11.7. The van der Waals surface area contributed by atoms with Gasteiger partial charge in [-0.3, -0.25) is 9.59 Å². The molecule has 1 amide bonds. The van der Waals surface area contributed by atoms with E-state index in [0.29, 0.717) is 6.61 Å². The molecular weight excluding hydrogens is 256 g/mol. The van der Waals surface area contributed by atoms with E-state index in [2.05, 4.69) is 24.9 Å². The summed E-state index contributed by atoms with van der Waals surface area (Å²) in [6.07, 6.45) is 4.68. The predicted octanol–water partition coefficient (Wildman–Crippen LogP) is 0.00330. The number of carboxylic acids is 1. The van der Waals surface area contributed by atoms with E-state index >= 15 is 0 Å². The minimum absolute atomic E-state index is 0.200. The SMILES string of the molecule is CCCCCCO.NC(CS)C(=O)NCC(=O)O. The van der Waals surface area contributed by atoms with E-state index in [1.165, 1.54) is 19.3 Å². The lowest BCUT2D eigenvalue weighted by molar-refractivity contribution is -0.138. The number of carbonyl (C=O) groups excluding carboxylic acids is 1. The summed E-state index contributed by atoms with van der Waals surface area (Å²) in [5.74, 6) is -1.39. The normalized spacial score (nSPS) is 11.1. The van der Waals surface area contributed by atoms with E-state index in [4.69, 9.17) is 15.9 Å². The molecule has 0 bridgehead atoms. The fourth-order valence-corrected chi connectivity index (χ4v) is 1.08. The highest BCUT2D eigenvalue weighted by molar-refractivity contribution is 7.80. The Morgan fingerprint density at radius 1 is 1.33 bits per heavy atom. The summed E-state index contributed by atoms with van der Waals surface area (Å²) in [5.41, 5.74) is 5.22. The van der Waals surface area contributed by atoms with Crippen LogP contribution in [0.25, 0.3) is 0 Å². The summed E-state index contributed by atoms with van der Waals surface area (Å²) < 4.78 is 0. The molecule has 108 valence electrons. The molecule has 0 heterocycles. The second-order valence-corrected chi connectivity index (χ2v) is 4.05. The maximum absolute atomic E-state index is 10.7. The van der Waals surface area contributed by atoms with Crippen LogP contribution < -0.4 is 11.1 Å². The van der Waals surface area contributed by atoms with Gasteiger partial charge in [-0.05, 0) is 6.42 Å². The summed E-state index contributed by atoms with van der Waals surface area (Å²) in [6, 6.07) is -0.738. The highest BCUT2D eigenvalue weighted by Crippen LogP contribution is 1.96. The van der Waals surface area contributed by atoms with E-state index in [-0.39, 0.29) is 5.75 Å². The number of carboxylic acid groups (broad SMARTS) is 1. The van der Waals surface area contributed by atoms with Gasteiger partial charge in [0.25, 0.3) is 0 Å². The molecule has 0 aliphatic carbocycles. The highest BCUT2D eigenvalue weighted by atomic mass is 32.1. The van der Waals surface area contributed by atoms with Crippen molar-refractivity contribution in [1.82, 2.24) is 5.32 Å². The molecule has 0 fully saturated rings. The first-order chi connectivity index (χ1) is 8.49. The van der Waals surface area contributed by atoms with Crippen LogP contribution in [0.4, 0.5) is 0 Å². The van der Waals surface area contributed by atoms with Gasteiger partial charge in [-0.15, -0.1) is 0 Å². The number of nitrogens with two attached hydrogens (primary N) is 1. The van der Waals surface area contributed by atoms with Crippen molar-refractivity contribution in [2.45, 2.75) is 38.6 Å². The van der Waals surface area contributed by atoms with Crippen molar-refractivity contribution in [2.24, 2.45) is 5.73 Å². The minimum Gasteiger partial charge on any atom is -0.480 e. The average molecular weight is 280 g/mol. The van der Waals surface area contributed by atoms with Gasteiger partial charge in [0, 0.05) is 12.4 Å². The van der Waals surface area contributed by atoms with Crippen molar-refractivity contribution in [2.75, 3.05) is 18.9 Å². The monoisotopic (exact) mass is 280 g/mol.